The lowest BCUT2D eigenvalue weighted by Gasteiger charge is -2.29. The normalized spacial score (nSPS) is 15.9. The number of hydrogen-bond acceptors (Lipinski definition) is 4. The summed E-state index contributed by atoms with van der Waals surface area (Å²) < 4.78 is 10.8. The molecule has 1 aliphatic rings. The lowest BCUT2D eigenvalue weighted by Crippen LogP contribution is -2.36. The summed E-state index contributed by atoms with van der Waals surface area (Å²) >= 11 is 0. The summed E-state index contributed by atoms with van der Waals surface area (Å²) in [6.07, 6.45) is 0. The number of morpholine rings is 1. The number of rotatable bonds is 4. The molecule has 18 heavy (non-hydrogen) atoms. The molecule has 1 aromatic carbocycles. The second-order valence-corrected chi connectivity index (χ2v) is 4.78. The van der Waals surface area contributed by atoms with Gasteiger partial charge in [0.25, 0.3) is 0 Å². The van der Waals surface area contributed by atoms with Crippen molar-refractivity contribution in [3.05, 3.63) is 18.2 Å². The summed E-state index contributed by atoms with van der Waals surface area (Å²) in [5.41, 5.74) is 2.24. The predicted octanol–water partition coefficient (Wildman–Crippen LogP) is 2.35. The molecule has 1 N–H and O–H groups in total. The Kier molecular flexibility index (Phi) is 4.31. The third-order valence-corrected chi connectivity index (χ3v) is 3.01. The van der Waals surface area contributed by atoms with Crippen LogP contribution in [0.1, 0.15) is 13.8 Å². The predicted molar refractivity (Wildman–Crippen MR) is 74.8 cm³/mol. The van der Waals surface area contributed by atoms with Gasteiger partial charge in [0.2, 0.25) is 0 Å². The van der Waals surface area contributed by atoms with Gasteiger partial charge in [-0.2, -0.15) is 0 Å². The Hall–Kier alpha value is -1.42. The highest BCUT2D eigenvalue weighted by Gasteiger charge is 2.13. The van der Waals surface area contributed by atoms with E-state index in [1.807, 2.05) is 0 Å². The molecule has 1 aliphatic heterocycles. The van der Waals surface area contributed by atoms with Gasteiger partial charge in [0, 0.05) is 30.9 Å². The Morgan fingerprint density at radius 3 is 2.61 bits per heavy atom. The van der Waals surface area contributed by atoms with Gasteiger partial charge in [-0.25, -0.2) is 0 Å². The highest BCUT2D eigenvalue weighted by atomic mass is 16.5. The number of anilines is 2. The molecule has 0 radical (unpaired) electrons. The van der Waals surface area contributed by atoms with E-state index >= 15 is 0 Å². The highest BCUT2D eigenvalue weighted by molar-refractivity contribution is 5.65. The van der Waals surface area contributed by atoms with Crippen molar-refractivity contribution in [2.24, 2.45) is 0 Å². The molecule has 0 unspecified atom stereocenters. The summed E-state index contributed by atoms with van der Waals surface area (Å²) in [6.45, 7) is 7.73. The SMILES string of the molecule is COc1cc(N2CCOCC2)ccc1NC(C)C. The molecule has 0 atom stereocenters. The molecule has 100 valence electrons. The van der Waals surface area contributed by atoms with Gasteiger partial charge in [-0.15, -0.1) is 0 Å². The first-order chi connectivity index (χ1) is 8.70. The largest absolute Gasteiger partial charge is 0.495 e. The topological polar surface area (TPSA) is 33.7 Å². The minimum absolute atomic E-state index is 0.396. The molecule has 0 bridgehead atoms. The van der Waals surface area contributed by atoms with Crippen molar-refractivity contribution in [1.82, 2.24) is 0 Å². The maximum atomic E-state index is 5.46. The van der Waals surface area contributed by atoms with Crippen LogP contribution in [0.2, 0.25) is 0 Å². The first kappa shape index (κ1) is 13.0. The Morgan fingerprint density at radius 2 is 2.00 bits per heavy atom. The minimum Gasteiger partial charge on any atom is -0.495 e. The van der Waals surface area contributed by atoms with Gasteiger partial charge in [-0.05, 0) is 26.0 Å². The third-order valence-electron chi connectivity index (χ3n) is 3.01. The van der Waals surface area contributed by atoms with Crippen LogP contribution in [0.4, 0.5) is 11.4 Å². The number of methoxy groups -OCH3 is 1. The molecular weight excluding hydrogens is 228 g/mol. The number of hydrogen-bond donors (Lipinski definition) is 1. The van der Waals surface area contributed by atoms with Crippen molar-refractivity contribution in [2.75, 3.05) is 43.6 Å². The molecular formula is C14H22N2O2. The zero-order valence-electron chi connectivity index (χ0n) is 11.4. The standard InChI is InChI=1S/C14H22N2O2/c1-11(2)15-13-5-4-12(10-14(13)17-3)16-6-8-18-9-7-16/h4-5,10-11,15H,6-9H2,1-3H3. The average molecular weight is 250 g/mol. The van der Waals surface area contributed by atoms with E-state index in [0.29, 0.717) is 6.04 Å². The van der Waals surface area contributed by atoms with E-state index in [-0.39, 0.29) is 0 Å². The van der Waals surface area contributed by atoms with Crippen molar-refractivity contribution in [2.45, 2.75) is 19.9 Å². The zero-order chi connectivity index (χ0) is 13.0. The van der Waals surface area contributed by atoms with Gasteiger partial charge in [0.1, 0.15) is 5.75 Å². The minimum atomic E-state index is 0.396. The van der Waals surface area contributed by atoms with Crippen LogP contribution in [0.3, 0.4) is 0 Å². The van der Waals surface area contributed by atoms with E-state index in [2.05, 4.69) is 42.3 Å². The summed E-state index contributed by atoms with van der Waals surface area (Å²) in [5, 5.41) is 3.39. The number of nitrogens with one attached hydrogen (secondary N) is 1. The van der Waals surface area contributed by atoms with Crippen LogP contribution in [-0.4, -0.2) is 39.5 Å². The van der Waals surface area contributed by atoms with Gasteiger partial charge < -0.3 is 19.7 Å². The number of ether oxygens (including phenoxy) is 2. The van der Waals surface area contributed by atoms with Crippen LogP contribution in [0.5, 0.6) is 5.75 Å². The Morgan fingerprint density at radius 1 is 1.28 bits per heavy atom. The summed E-state index contributed by atoms with van der Waals surface area (Å²) in [5.74, 6) is 0.896. The maximum absolute atomic E-state index is 5.46. The summed E-state index contributed by atoms with van der Waals surface area (Å²) in [4.78, 5) is 2.32. The quantitative estimate of drug-likeness (QED) is 0.889. The fourth-order valence-corrected chi connectivity index (χ4v) is 2.13. The van der Waals surface area contributed by atoms with Crippen molar-refractivity contribution in [3.8, 4) is 5.75 Å². The molecule has 0 spiro atoms. The van der Waals surface area contributed by atoms with E-state index < -0.39 is 0 Å². The van der Waals surface area contributed by atoms with Crippen LogP contribution in [-0.2, 0) is 4.74 Å². The molecule has 0 amide bonds. The number of benzene rings is 1. The first-order valence-corrected chi connectivity index (χ1v) is 6.48. The third kappa shape index (κ3) is 3.07. The van der Waals surface area contributed by atoms with Crippen molar-refractivity contribution in [3.63, 3.8) is 0 Å². The van der Waals surface area contributed by atoms with E-state index in [4.69, 9.17) is 9.47 Å². The fraction of sp³-hybridized carbons (Fsp3) is 0.571. The molecule has 0 aromatic heterocycles. The van der Waals surface area contributed by atoms with Crippen LogP contribution in [0.25, 0.3) is 0 Å². The lowest BCUT2D eigenvalue weighted by atomic mass is 10.2. The molecule has 0 aliphatic carbocycles. The molecule has 1 heterocycles. The second kappa shape index (κ2) is 5.96. The molecule has 1 aromatic rings. The molecule has 4 heteroatoms. The Balaban J connectivity index is 2.17. The molecule has 2 rings (SSSR count). The smallest absolute Gasteiger partial charge is 0.144 e. The first-order valence-electron chi connectivity index (χ1n) is 6.48. The van der Waals surface area contributed by atoms with Crippen LogP contribution < -0.4 is 15.0 Å². The molecule has 1 saturated heterocycles. The van der Waals surface area contributed by atoms with E-state index in [0.717, 1.165) is 37.7 Å². The molecule has 0 saturated carbocycles. The highest BCUT2D eigenvalue weighted by Crippen LogP contribution is 2.30. The molecule has 4 nitrogen and oxygen atoms in total. The van der Waals surface area contributed by atoms with E-state index in [1.165, 1.54) is 5.69 Å². The van der Waals surface area contributed by atoms with Crippen molar-refractivity contribution in [1.29, 1.82) is 0 Å². The van der Waals surface area contributed by atoms with Gasteiger partial charge in [-0.3, -0.25) is 0 Å². The fourth-order valence-electron chi connectivity index (χ4n) is 2.13. The Labute approximate surface area is 109 Å². The lowest BCUT2D eigenvalue weighted by molar-refractivity contribution is 0.122. The van der Waals surface area contributed by atoms with Gasteiger partial charge in [0.05, 0.1) is 26.0 Å². The molecule has 1 fully saturated rings. The summed E-state index contributed by atoms with van der Waals surface area (Å²) in [7, 11) is 1.71. The summed E-state index contributed by atoms with van der Waals surface area (Å²) in [6, 6.07) is 6.71. The Bertz CT molecular complexity index is 387. The van der Waals surface area contributed by atoms with Crippen LogP contribution in [0, 0.1) is 0 Å². The van der Waals surface area contributed by atoms with E-state index in [9.17, 15) is 0 Å². The van der Waals surface area contributed by atoms with Gasteiger partial charge in [0.15, 0.2) is 0 Å². The van der Waals surface area contributed by atoms with Crippen LogP contribution >= 0.6 is 0 Å². The van der Waals surface area contributed by atoms with Crippen molar-refractivity contribution < 1.29 is 9.47 Å². The average Bonchev–Trinajstić information content (AvgIpc) is 2.39. The number of nitrogens with zero attached hydrogens (tertiary/aromatic N) is 1. The maximum Gasteiger partial charge on any atom is 0.144 e. The monoisotopic (exact) mass is 250 g/mol. The second-order valence-electron chi connectivity index (χ2n) is 4.78. The van der Waals surface area contributed by atoms with Gasteiger partial charge in [-0.1, -0.05) is 0 Å². The van der Waals surface area contributed by atoms with E-state index in [1.54, 1.807) is 7.11 Å². The van der Waals surface area contributed by atoms with Crippen molar-refractivity contribution >= 4 is 11.4 Å². The van der Waals surface area contributed by atoms with Crippen LogP contribution in [0.15, 0.2) is 18.2 Å². The zero-order valence-corrected chi connectivity index (χ0v) is 11.4. The van der Waals surface area contributed by atoms with Gasteiger partial charge >= 0.3 is 0 Å².